The lowest BCUT2D eigenvalue weighted by Crippen LogP contribution is -2.31. The van der Waals surface area contributed by atoms with Gasteiger partial charge in [-0.3, -0.25) is 14.9 Å². The minimum atomic E-state index is 0.444. The number of nitrogens with zero attached hydrogens (tertiary/aromatic N) is 4. The summed E-state index contributed by atoms with van der Waals surface area (Å²) < 4.78 is 5.73. The van der Waals surface area contributed by atoms with E-state index in [1.165, 1.54) is 0 Å². The average Bonchev–Trinajstić information content (AvgIpc) is 2.89. The van der Waals surface area contributed by atoms with Crippen LogP contribution in [0.2, 0.25) is 0 Å². The number of imidazole rings is 1. The zero-order valence-corrected chi connectivity index (χ0v) is 12.3. The molecular formula is C15H21N5O. The van der Waals surface area contributed by atoms with Crippen molar-refractivity contribution in [1.82, 2.24) is 24.8 Å². The Bertz CT molecular complexity index is 540. The third-order valence-electron chi connectivity index (χ3n) is 3.68. The predicted molar refractivity (Wildman–Crippen MR) is 78.6 cm³/mol. The smallest absolute Gasteiger partial charge is 0.120 e. The number of hydrogen-bond donors (Lipinski definition) is 1. The molecule has 1 aliphatic heterocycles. The Morgan fingerprint density at radius 2 is 2.29 bits per heavy atom. The van der Waals surface area contributed by atoms with E-state index in [9.17, 15) is 0 Å². The molecule has 0 aromatic carbocycles. The summed E-state index contributed by atoms with van der Waals surface area (Å²) in [4.78, 5) is 18.6. The maximum Gasteiger partial charge on any atom is 0.120 e. The number of aromatic amines is 1. The first kappa shape index (κ1) is 14.2. The lowest BCUT2D eigenvalue weighted by atomic mass is 10.0. The van der Waals surface area contributed by atoms with Crippen LogP contribution in [0.3, 0.4) is 0 Å². The third kappa shape index (κ3) is 4.09. The predicted octanol–water partition coefficient (Wildman–Crippen LogP) is 1.20. The monoisotopic (exact) mass is 287 g/mol. The van der Waals surface area contributed by atoms with Gasteiger partial charge in [0, 0.05) is 43.8 Å². The van der Waals surface area contributed by atoms with Crippen molar-refractivity contribution < 1.29 is 4.74 Å². The van der Waals surface area contributed by atoms with E-state index in [4.69, 9.17) is 4.74 Å². The molecule has 0 saturated carbocycles. The van der Waals surface area contributed by atoms with Crippen LogP contribution in [0.4, 0.5) is 0 Å². The molecule has 3 rings (SSSR count). The topological polar surface area (TPSA) is 66.9 Å². The summed E-state index contributed by atoms with van der Waals surface area (Å²) in [6, 6.07) is 0. The van der Waals surface area contributed by atoms with E-state index in [2.05, 4.69) is 24.8 Å². The lowest BCUT2D eigenvalue weighted by molar-refractivity contribution is 0.121. The quantitative estimate of drug-likeness (QED) is 0.915. The molecule has 1 saturated heterocycles. The maximum atomic E-state index is 5.73. The zero-order valence-electron chi connectivity index (χ0n) is 12.3. The molecule has 6 heteroatoms. The van der Waals surface area contributed by atoms with Gasteiger partial charge in [-0.25, -0.2) is 4.98 Å². The fourth-order valence-electron chi connectivity index (χ4n) is 2.64. The van der Waals surface area contributed by atoms with Gasteiger partial charge in [0.2, 0.25) is 0 Å². The van der Waals surface area contributed by atoms with Crippen LogP contribution in [0, 0.1) is 12.8 Å². The molecule has 1 atom stereocenters. The molecule has 1 unspecified atom stereocenters. The van der Waals surface area contributed by atoms with Gasteiger partial charge in [0.1, 0.15) is 5.82 Å². The van der Waals surface area contributed by atoms with Crippen LogP contribution < -0.4 is 0 Å². The molecule has 0 spiro atoms. The van der Waals surface area contributed by atoms with E-state index >= 15 is 0 Å². The molecule has 1 aliphatic rings. The molecule has 6 nitrogen and oxygen atoms in total. The van der Waals surface area contributed by atoms with Gasteiger partial charge in [0.05, 0.1) is 31.1 Å². The number of aromatic nitrogens is 4. The molecule has 2 aromatic rings. The van der Waals surface area contributed by atoms with E-state index in [-0.39, 0.29) is 0 Å². The lowest BCUT2D eigenvalue weighted by Gasteiger charge is -2.22. The first-order chi connectivity index (χ1) is 10.3. The summed E-state index contributed by atoms with van der Waals surface area (Å²) >= 11 is 0. The molecule has 0 radical (unpaired) electrons. The van der Waals surface area contributed by atoms with Crippen LogP contribution >= 0.6 is 0 Å². The van der Waals surface area contributed by atoms with Crippen LogP contribution in [-0.4, -0.2) is 51.1 Å². The second kappa shape index (κ2) is 6.78. The van der Waals surface area contributed by atoms with Gasteiger partial charge in [-0.1, -0.05) is 0 Å². The van der Waals surface area contributed by atoms with Gasteiger partial charge in [0.25, 0.3) is 0 Å². The van der Waals surface area contributed by atoms with Crippen molar-refractivity contribution in [2.75, 3.05) is 26.3 Å². The molecule has 2 aromatic heterocycles. The van der Waals surface area contributed by atoms with Crippen molar-refractivity contribution in [2.24, 2.45) is 5.92 Å². The summed E-state index contributed by atoms with van der Waals surface area (Å²) in [6.07, 6.45) is 8.26. The molecule has 0 aliphatic carbocycles. The summed E-state index contributed by atoms with van der Waals surface area (Å²) in [7, 11) is 0. The Labute approximate surface area is 124 Å². The van der Waals surface area contributed by atoms with Gasteiger partial charge in [0.15, 0.2) is 0 Å². The van der Waals surface area contributed by atoms with Crippen LogP contribution in [-0.2, 0) is 17.7 Å². The first-order valence-electron chi connectivity index (χ1n) is 7.35. The Morgan fingerprint density at radius 3 is 3.05 bits per heavy atom. The number of ether oxygens (including phenoxy) is 1. The van der Waals surface area contributed by atoms with E-state index in [1.54, 1.807) is 6.20 Å². The molecule has 0 amide bonds. The number of aryl methyl sites for hydroxylation is 1. The minimum absolute atomic E-state index is 0.444. The maximum absolute atomic E-state index is 5.73. The molecule has 21 heavy (non-hydrogen) atoms. The highest BCUT2D eigenvalue weighted by Crippen LogP contribution is 2.13. The Balaban J connectivity index is 1.60. The molecule has 3 heterocycles. The molecule has 0 bridgehead atoms. The highest BCUT2D eigenvalue weighted by atomic mass is 16.5. The Kier molecular flexibility index (Phi) is 4.57. The zero-order chi connectivity index (χ0) is 14.5. The highest BCUT2D eigenvalue weighted by Gasteiger charge is 2.20. The normalized spacial score (nSPS) is 20.3. The first-order valence-corrected chi connectivity index (χ1v) is 7.35. The van der Waals surface area contributed by atoms with E-state index in [1.807, 2.05) is 25.5 Å². The van der Waals surface area contributed by atoms with Crippen molar-refractivity contribution in [1.29, 1.82) is 0 Å². The summed E-state index contributed by atoms with van der Waals surface area (Å²) in [6.45, 7) is 6.29. The van der Waals surface area contributed by atoms with E-state index < -0.39 is 0 Å². The fourth-order valence-corrected chi connectivity index (χ4v) is 2.64. The van der Waals surface area contributed by atoms with Crippen molar-refractivity contribution in [3.63, 3.8) is 0 Å². The number of rotatable bonds is 4. The Hall–Kier alpha value is -1.79. The standard InChI is InChI=1S/C15H21N5O/c1-12-7-19-14(8-18-12)6-13-9-20(4-5-21-11-13)10-15-16-2-3-17-15/h2-3,7-8,13H,4-6,9-11H2,1H3,(H,16,17). The van der Waals surface area contributed by atoms with Gasteiger partial charge >= 0.3 is 0 Å². The minimum Gasteiger partial charge on any atom is -0.380 e. The van der Waals surface area contributed by atoms with Crippen LogP contribution in [0.25, 0.3) is 0 Å². The second-order valence-electron chi connectivity index (χ2n) is 5.57. The SMILES string of the molecule is Cc1cnc(CC2COCCN(Cc3ncc[nH]3)C2)cn1. The molecule has 1 fully saturated rings. The Morgan fingerprint density at radius 1 is 1.33 bits per heavy atom. The summed E-state index contributed by atoms with van der Waals surface area (Å²) in [5.74, 6) is 1.45. The fraction of sp³-hybridized carbons (Fsp3) is 0.533. The largest absolute Gasteiger partial charge is 0.380 e. The van der Waals surface area contributed by atoms with Crippen molar-refractivity contribution in [3.8, 4) is 0 Å². The van der Waals surface area contributed by atoms with Crippen LogP contribution in [0.5, 0.6) is 0 Å². The van der Waals surface area contributed by atoms with Crippen LogP contribution in [0.1, 0.15) is 17.2 Å². The number of hydrogen-bond acceptors (Lipinski definition) is 5. The third-order valence-corrected chi connectivity index (χ3v) is 3.68. The average molecular weight is 287 g/mol. The van der Waals surface area contributed by atoms with Gasteiger partial charge in [-0.2, -0.15) is 0 Å². The molecular weight excluding hydrogens is 266 g/mol. The van der Waals surface area contributed by atoms with Crippen LogP contribution in [0.15, 0.2) is 24.8 Å². The van der Waals surface area contributed by atoms with Crippen molar-refractivity contribution >= 4 is 0 Å². The van der Waals surface area contributed by atoms with Gasteiger partial charge < -0.3 is 9.72 Å². The highest BCUT2D eigenvalue weighted by molar-refractivity contribution is 5.02. The van der Waals surface area contributed by atoms with Crippen molar-refractivity contribution in [3.05, 3.63) is 42.0 Å². The second-order valence-corrected chi connectivity index (χ2v) is 5.57. The number of nitrogens with one attached hydrogen (secondary N) is 1. The summed E-state index contributed by atoms with van der Waals surface area (Å²) in [5, 5.41) is 0. The van der Waals surface area contributed by atoms with Crippen molar-refractivity contribution in [2.45, 2.75) is 19.9 Å². The van der Waals surface area contributed by atoms with Gasteiger partial charge in [-0.05, 0) is 13.3 Å². The van der Waals surface area contributed by atoms with E-state index in [0.717, 1.165) is 56.5 Å². The number of H-pyrrole nitrogens is 1. The van der Waals surface area contributed by atoms with Gasteiger partial charge in [-0.15, -0.1) is 0 Å². The summed E-state index contributed by atoms with van der Waals surface area (Å²) in [5.41, 5.74) is 1.99. The van der Waals surface area contributed by atoms with E-state index in [0.29, 0.717) is 5.92 Å². The molecule has 112 valence electrons. The molecule has 1 N–H and O–H groups in total.